The molecular formula is C15H22FNO2. The van der Waals surface area contributed by atoms with Crippen molar-refractivity contribution < 1.29 is 13.9 Å². The quantitative estimate of drug-likeness (QED) is 0.889. The van der Waals surface area contributed by atoms with Gasteiger partial charge in [-0.2, -0.15) is 0 Å². The lowest BCUT2D eigenvalue weighted by Crippen LogP contribution is -2.36. The van der Waals surface area contributed by atoms with Gasteiger partial charge in [0.05, 0.1) is 12.7 Å². The van der Waals surface area contributed by atoms with Crippen LogP contribution in [0, 0.1) is 5.82 Å². The molecule has 0 amide bonds. The molecule has 2 unspecified atom stereocenters. The summed E-state index contributed by atoms with van der Waals surface area (Å²) in [7, 11) is 0. The molecule has 1 heterocycles. The Balaban J connectivity index is 1.75. The monoisotopic (exact) mass is 267 g/mol. The van der Waals surface area contributed by atoms with E-state index in [9.17, 15) is 4.39 Å². The van der Waals surface area contributed by atoms with Gasteiger partial charge in [-0.1, -0.05) is 12.1 Å². The first-order valence-corrected chi connectivity index (χ1v) is 6.74. The third-order valence-corrected chi connectivity index (χ3v) is 3.19. The van der Waals surface area contributed by atoms with E-state index in [0.717, 1.165) is 18.5 Å². The molecule has 3 nitrogen and oxygen atoms in total. The lowest BCUT2D eigenvalue weighted by atomic mass is 10.1. The van der Waals surface area contributed by atoms with Crippen molar-refractivity contribution in [1.29, 1.82) is 0 Å². The Morgan fingerprint density at radius 1 is 1.47 bits per heavy atom. The molecule has 4 heteroatoms. The number of hydrogen-bond acceptors (Lipinski definition) is 3. The van der Waals surface area contributed by atoms with Gasteiger partial charge in [0, 0.05) is 12.6 Å². The number of rotatable bonds is 5. The zero-order valence-corrected chi connectivity index (χ0v) is 11.8. The smallest absolute Gasteiger partial charge is 0.163 e. The third kappa shape index (κ3) is 4.56. The molecule has 2 rings (SSSR count). The summed E-state index contributed by atoms with van der Waals surface area (Å²) in [6, 6.07) is 7.01. The Bertz CT molecular complexity index is 422. The summed E-state index contributed by atoms with van der Waals surface area (Å²) >= 11 is 0. The van der Waals surface area contributed by atoms with Gasteiger partial charge in [0.25, 0.3) is 0 Å². The number of halogens is 1. The molecular weight excluding hydrogens is 245 g/mol. The highest BCUT2D eigenvalue weighted by molar-refractivity contribution is 5.17. The average Bonchev–Trinajstić information content (AvgIpc) is 2.66. The molecule has 1 aliphatic heterocycles. The molecule has 1 aromatic rings. The fourth-order valence-corrected chi connectivity index (χ4v) is 2.29. The van der Waals surface area contributed by atoms with Crippen molar-refractivity contribution in [2.45, 2.75) is 45.1 Å². The van der Waals surface area contributed by atoms with Crippen molar-refractivity contribution in [1.82, 2.24) is 5.32 Å². The van der Waals surface area contributed by atoms with E-state index in [2.05, 4.69) is 12.2 Å². The molecule has 0 radical (unpaired) electrons. The summed E-state index contributed by atoms with van der Waals surface area (Å²) in [5, 5.41) is 3.40. The van der Waals surface area contributed by atoms with Crippen LogP contribution in [0.15, 0.2) is 24.3 Å². The topological polar surface area (TPSA) is 30.5 Å². The summed E-state index contributed by atoms with van der Waals surface area (Å²) in [6.45, 7) is 7.30. The zero-order valence-electron chi connectivity index (χ0n) is 11.8. The molecule has 2 atom stereocenters. The van der Waals surface area contributed by atoms with Crippen molar-refractivity contribution in [2.75, 3.05) is 13.2 Å². The highest BCUT2D eigenvalue weighted by Gasteiger charge is 2.32. The van der Waals surface area contributed by atoms with E-state index in [4.69, 9.17) is 9.47 Å². The first-order valence-electron chi connectivity index (χ1n) is 6.74. The maximum absolute atomic E-state index is 13.1. The first-order chi connectivity index (χ1) is 8.94. The van der Waals surface area contributed by atoms with Crippen molar-refractivity contribution in [3.05, 3.63) is 35.6 Å². The largest absolute Gasteiger partial charge is 0.348 e. The lowest BCUT2D eigenvalue weighted by Gasteiger charge is -2.19. The predicted octanol–water partition coefficient (Wildman–Crippen LogP) is 2.50. The van der Waals surface area contributed by atoms with E-state index < -0.39 is 5.79 Å². The van der Waals surface area contributed by atoms with Crippen LogP contribution in [-0.2, 0) is 15.9 Å². The Morgan fingerprint density at radius 2 is 2.26 bits per heavy atom. The predicted molar refractivity (Wildman–Crippen MR) is 72.5 cm³/mol. The Hall–Kier alpha value is -0.970. The Morgan fingerprint density at radius 3 is 2.89 bits per heavy atom. The minimum absolute atomic E-state index is 0.0879. The molecule has 19 heavy (non-hydrogen) atoms. The fraction of sp³-hybridized carbons (Fsp3) is 0.600. The van der Waals surface area contributed by atoms with Crippen LogP contribution in [-0.4, -0.2) is 31.1 Å². The van der Waals surface area contributed by atoms with Gasteiger partial charge < -0.3 is 14.8 Å². The summed E-state index contributed by atoms with van der Waals surface area (Å²) in [5.41, 5.74) is 1.00. The number of benzene rings is 1. The van der Waals surface area contributed by atoms with Gasteiger partial charge >= 0.3 is 0 Å². The second-order valence-electron chi connectivity index (χ2n) is 5.59. The molecule has 0 aromatic heterocycles. The van der Waals surface area contributed by atoms with Crippen LogP contribution < -0.4 is 5.32 Å². The van der Waals surface area contributed by atoms with Gasteiger partial charge in [-0.05, 0) is 44.9 Å². The second kappa shape index (κ2) is 5.99. The van der Waals surface area contributed by atoms with Gasteiger partial charge in [-0.3, -0.25) is 0 Å². The summed E-state index contributed by atoms with van der Waals surface area (Å²) in [5.74, 6) is -0.656. The van der Waals surface area contributed by atoms with E-state index in [-0.39, 0.29) is 18.0 Å². The van der Waals surface area contributed by atoms with Crippen molar-refractivity contribution in [2.24, 2.45) is 0 Å². The number of hydrogen-bond donors (Lipinski definition) is 1. The van der Waals surface area contributed by atoms with E-state index in [0.29, 0.717) is 6.61 Å². The van der Waals surface area contributed by atoms with E-state index in [1.165, 1.54) is 6.07 Å². The van der Waals surface area contributed by atoms with Crippen molar-refractivity contribution in [3.63, 3.8) is 0 Å². The fourth-order valence-electron chi connectivity index (χ4n) is 2.29. The minimum atomic E-state index is -0.474. The normalized spacial score (nSPS) is 23.5. The van der Waals surface area contributed by atoms with Gasteiger partial charge in [-0.15, -0.1) is 0 Å². The molecule has 1 aliphatic rings. The first kappa shape index (κ1) is 14.4. The van der Waals surface area contributed by atoms with Crippen molar-refractivity contribution in [3.8, 4) is 0 Å². The van der Waals surface area contributed by atoms with Crippen LogP contribution in [0.25, 0.3) is 0 Å². The highest BCUT2D eigenvalue weighted by atomic mass is 19.1. The van der Waals surface area contributed by atoms with Gasteiger partial charge in [0.2, 0.25) is 0 Å². The standard InChI is InChI=1S/C15H22FNO2/c1-11(7-12-5-4-6-13(16)8-12)17-9-14-10-18-15(2,3)19-14/h4-6,8,11,14,17H,7,9-10H2,1-3H3. The van der Waals surface area contributed by atoms with Crippen LogP contribution in [0.3, 0.4) is 0 Å². The van der Waals surface area contributed by atoms with Crippen LogP contribution in [0.5, 0.6) is 0 Å². The molecule has 0 spiro atoms. The molecule has 0 bridgehead atoms. The highest BCUT2D eigenvalue weighted by Crippen LogP contribution is 2.21. The maximum atomic E-state index is 13.1. The molecule has 1 saturated heterocycles. The van der Waals surface area contributed by atoms with E-state index in [1.807, 2.05) is 19.9 Å². The number of ether oxygens (including phenoxy) is 2. The molecule has 0 aliphatic carbocycles. The summed E-state index contributed by atoms with van der Waals surface area (Å²) in [4.78, 5) is 0. The van der Waals surface area contributed by atoms with E-state index >= 15 is 0 Å². The Labute approximate surface area is 114 Å². The SMILES string of the molecule is CC(Cc1cccc(F)c1)NCC1COC(C)(C)O1. The second-order valence-corrected chi connectivity index (χ2v) is 5.59. The average molecular weight is 267 g/mol. The molecule has 0 saturated carbocycles. The Kier molecular flexibility index (Phi) is 4.55. The molecule has 106 valence electrons. The lowest BCUT2D eigenvalue weighted by molar-refractivity contribution is -0.137. The van der Waals surface area contributed by atoms with Crippen LogP contribution in [0.4, 0.5) is 4.39 Å². The number of nitrogens with one attached hydrogen (secondary N) is 1. The molecule has 1 aromatic carbocycles. The minimum Gasteiger partial charge on any atom is -0.348 e. The van der Waals surface area contributed by atoms with Gasteiger partial charge in [-0.25, -0.2) is 4.39 Å². The zero-order chi connectivity index (χ0) is 13.9. The van der Waals surface area contributed by atoms with Crippen LogP contribution in [0.2, 0.25) is 0 Å². The summed E-state index contributed by atoms with van der Waals surface area (Å²) in [6.07, 6.45) is 0.888. The van der Waals surface area contributed by atoms with Gasteiger partial charge in [0.1, 0.15) is 5.82 Å². The summed E-state index contributed by atoms with van der Waals surface area (Å²) < 4.78 is 24.3. The van der Waals surface area contributed by atoms with E-state index in [1.54, 1.807) is 12.1 Å². The van der Waals surface area contributed by atoms with Crippen LogP contribution >= 0.6 is 0 Å². The van der Waals surface area contributed by atoms with Crippen molar-refractivity contribution >= 4 is 0 Å². The van der Waals surface area contributed by atoms with Gasteiger partial charge in [0.15, 0.2) is 5.79 Å². The van der Waals surface area contributed by atoms with Crippen LogP contribution in [0.1, 0.15) is 26.3 Å². The third-order valence-electron chi connectivity index (χ3n) is 3.19. The maximum Gasteiger partial charge on any atom is 0.163 e. The molecule has 1 N–H and O–H groups in total. The molecule has 1 fully saturated rings.